The van der Waals surface area contributed by atoms with E-state index >= 15 is 0 Å². The maximum atomic E-state index is 11.3. The van der Waals surface area contributed by atoms with Gasteiger partial charge in [-0.15, -0.1) is 0 Å². The molecule has 0 amide bonds. The van der Waals surface area contributed by atoms with Gasteiger partial charge in [0.15, 0.2) is 5.75 Å². The molecule has 16 heavy (non-hydrogen) atoms. The normalized spacial score (nSPS) is 10.4. The molecule has 0 unspecified atom stereocenters. The zero-order valence-corrected chi connectivity index (χ0v) is 15.8. The Morgan fingerprint density at radius 3 is 1.69 bits per heavy atom. The molecule has 0 fully saturated rings. The highest BCUT2D eigenvalue weighted by molar-refractivity contribution is 9.15. The van der Waals surface area contributed by atoms with Crippen LogP contribution in [0.1, 0.15) is 13.3 Å². The van der Waals surface area contributed by atoms with Crippen molar-refractivity contribution in [1.29, 1.82) is 0 Å². The Morgan fingerprint density at radius 2 is 1.31 bits per heavy atom. The second-order valence-electron chi connectivity index (χ2n) is 2.73. The molecule has 0 bridgehead atoms. The largest absolute Gasteiger partial charge is 0.424 e. The Labute approximate surface area is 135 Å². The minimum atomic E-state index is -0.289. The highest BCUT2D eigenvalue weighted by Gasteiger charge is 2.20. The molecular weight excluding hydrogens is 540 g/mol. The van der Waals surface area contributed by atoms with E-state index in [0.717, 1.165) is 13.4 Å². The van der Waals surface area contributed by atoms with Crippen LogP contribution < -0.4 is 4.74 Å². The van der Waals surface area contributed by atoms with Gasteiger partial charge in [-0.1, -0.05) is 6.92 Å². The second-order valence-corrected chi connectivity index (χ2v) is 6.69. The predicted molar refractivity (Wildman–Crippen MR) is 80.9 cm³/mol. The average Bonchev–Trinajstić information content (AvgIpc) is 2.29. The molecule has 0 aliphatic heterocycles. The SMILES string of the molecule is CCC(=O)Oc1c(Br)c(Br)c(Br)c(Br)c1Br. The average molecular weight is 545 g/mol. The van der Waals surface area contributed by atoms with Crippen LogP contribution in [-0.4, -0.2) is 5.97 Å². The summed E-state index contributed by atoms with van der Waals surface area (Å²) in [6.45, 7) is 1.74. The van der Waals surface area contributed by atoms with Crippen molar-refractivity contribution >= 4 is 85.6 Å². The fourth-order valence-corrected chi connectivity index (χ4v) is 4.03. The summed E-state index contributed by atoms with van der Waals surface area (Å²) in [7, 11) is 0. The number of carbonyl (C=O) groups is 1. The Kier molecular flexibility index (Phi) is 5.98. The third kappa shape index (κ3) is 3.10. The number of benzene rings is 1. The molecule has 0 radical (unpaired) electrons. The van der Waals surface area contributed by atoms with Gasteiger partial charge in [0.1, 0.15) is 0 Å². The van der Waals surface area contributed by atoms with Crippen molar-refractivity contribution in [3.8, 4) is 5.75 Å². The standard InChI is InChI=1S/C9H5Br5O2/c1-2-3(15)16-9-7(13)5(11)4(10)6(12)8(9)14/h2H2,1H3. The van der Waals surface area contributed by atoms with Crippen molar-refractivity contribution in [2.75, 3.05) is 0 Å². The van der Waals surface area contributed by atoms with Gasteiger partial charge in [0.05, 0.1) is 17.9 Å². The summed E-state index contributed by atoms with van der Waals surface area (Å²) in [4.78, 5) is 11.3. The molecule has 0 atom stereocenters. The molecule has 0 N–H and O–H groups in total. The van der Waals surface area contributed by atoms with Crippen LogP contribution in [0.2, 0.25) is 0 Å². The number of carbonyl (C=O) groups excluding carboxylic acids is 1. The van der Waals surface area contributed by atoms with E-state index in [9.17, 15) is 4.79 Å². The minimum Gasteiger partial charge on any atom is -0.424 e. The highest BCUT2D eigenvalue weighted by atomic mass is 79.9. The van der Waals surface area contributed by atoms with E-state index < -0.39 is 0 Å². The van der Waals surface area contributed by atoms with Crippen molar-refractivity contribution < 1.29 is 9.53 Å². The summed E-state index contributed by atoms with van der Waals surface area (Å²) >= 11 is 16.9. The van der Waals surface area contributed by atoms with Crippen molar-refractivity contribution in [3.05, 3.63) is 22.4 Å². The molecular formula is C9H5Br5O2. The van der Waals surface area contributed by atoms with E-state index in [1.165, 1.54) is 0 Å². The van der Waals surface area contributed by atoms with E-state index in [2.05, 4.69) is 79.6 Å². The zero-order chi connectivity index (χ0) is 12.5. The van der Waals surface area contributed by atoms with Gasteiger partial charge in [-0.05, 0) is 79.6 Å². The molecule has 0 spiro atoms. The maximum absolute atomic E-state index is 11.3. The maximum Gasteiger partial charge on any atom is 0.310 e. The van der Waals surface area contributed by atoms with E-state index in [1.807, 2.05) is 0 Å². The third-order valence-electron chi connectivity index (χ3n) is 1.67. The quantitative estimate of drug-likeness (QED) is 0.203. The van der Waals surface area contributed by atoms with Gasteiger partial charge in [0.2, 0.25) is 0 Å². The predicted octanol–water partition coefficient (Wildman–Crippen LogP) is 5.81. The van der Waals surface area contributed by atoms with Crippen LogP contribution in [0, 0.1) is 0 Å². The van der Waals surface area contributed by atoms with Crippen LogP contribution in [0.15, 0.2) is 22.4 Å². The molecule has 1 rings (SSSR count). The van der Waals surface area contributed by atoms with Crippen molar-refractivity contribution in [2.24, 2.45) is 0 Å². The molecule has 7 heteroatoms. The van der Waals surface area contributed by atoms with Crippen LogP contribution in [0.5, 0.6) is 5.75 Å². The summed E-state index contributed by atoms with van der Waals surface area (Å²) in [5, 5.41) is 0. The number of halogens is 5. The van der Waals surface area contributed by atoms with Crippen LogP contribution in [-0.2, 0) is 4.79 Å². The van der Waals surface area contributed by atoms with Gasteiger partial charge in [-0.2, -0.15) is 0 Å². The summed E-state index contributed by atoms with van der Waals surface area (Å²) in [6.07, 6.45) is 0.324. The first-order valence-corrected chi connectivity index (χ1v) is 8.08. The van der Waals surface area contributed by atoms with Crippen LogP contribution in [0.25, 0.3) is 0 Å². The summed E-state index contributed by atoms with van der Waals surface area (Å²) in [5.74, 6) is 0.163. The molecule has 0 aromatic heterocycles. The molecule has 0 saturated carbocycles. The molecule has 2 nitrogen and oxygen atoms in total. The van der Waals surface area contributed by atoms with Crippen LogP contribution in [0.3, 0.4) is 0 Å². The summed E-state index contributed by atoms with van der Waals surface area (Å²) in [6, 6.07) is 0. The Bertz CT molecular complexity index is 415. The Hall–Kier alpha value is 1.09. The lowest BCUT2D eigenvalue weighted by Gasteiger charge is -2.12. The van der Waals surface area contributed by atoms with E-state index in [1.54, 1.807) is 6.92 Å². The third-order valence-corrected chi connectivity index (χ3v) is 7.69. The van der Waals surface area contributed by atoms with Crippen molar-refractivity contribution in [1.82, 2.24) is 0 Å². The van der Waals surface area contributed by atoms with Crippen molar-refractivity contribution in [2.45, 2.75) is 13.3 Å². The summed E-state index contributed by atoms with van der Waals surface area (Å²) < 4.78 is 8.98. The molecule has 0 aliphatic carbocycles. The second kappa shape index (κ2) is 6.31. The monoisotopic (exact) mass is 540 g/mol. The molecule has 0 saturated heterocycles. The van der Waals surface area contributed by atoms with Crippen LogP contribution in [0.4, 0.5) is 0 Å². The van der Waals surface area contributed by atoms with E-state index in [4.69, 9.17) is 4.74 Å². The minimum absolute atomic E-state index is 0.289. The van der Waals surface area contributed by atoms with E-state index in [0.29, 0.717) is 21.1 Å². The molecule has 88 valence electrons. The fourth-order valence-electron chi connectivity index (χ4n) is 0.860. The molecule has 1 aromatic carbocycles. The lowest BCUT2D eigenvalue weighted by molar-refractivity contribution is -0.134. The smallest absolute Gasteiger partial charge is 0.310 e. The Balaban J connectivity index is 3.34. The highest BCUT2D eigenvalue weighted by Crippen LogP contribution is 2.48. The van der Waals surface area contributed by atoms with Gasteiger partial charge in [-0.3, -0.25) is 4.79 Å². The summed E-state index contributed by atoms with van der Waals surface area (Å²) in [5.41, 5.74) is 0. The number of rotatable bonds is 2. The number of ether oxygens (including phenoxy) is 1. The number of hydrogen-bond acceptors (Lipinski definition) is 2. The van der Waals surface area contributed by atoms with Gasteiger partial charge < -0.3 is 4.74 Å². The topological polar surface area (TPSA) is 26.3 Å². The molecule has 0 aliphatic rings. The van der Waals surface area contributed by atoms with Gasteiger partial charge >= 0.3 is 5.97 Å². The Morgan fingerprint density at radius 1 is 0.938 bits per heavy atom. The molecule has 0 heterocycles. The van der Waals surface area contributed by atoms with Crippen molar-refractivity contribution in [3.63, 3.8) is 0 Å². The fraction of sp³-hybridized carbons (Fsp3) is 0.222. The molecule has 1 aromatic rings. The number of hydrogen-bond donors (Lipinski definition) is 0. The number of esters is 1. The zero-order valence-electron chi connectivity index (χ0n) is 7.91. The first kappa shape index (κ1) is 15.1. The van der Waals surface area contributed by atoms with Gasteiger partial charge in [0, 0.05) is 10.9 Å². The lowest BCUT2D eigenvalue weighted by Crippen LogP contribution is -2.07. The van der Waals surface area contributed by atoms with Gasteiger partial charge in [0.25, 0.3) is 0 Å². The first-order chi connectivity index (χ1) is 7.40. The first-order valence-electron chi connectivity index (χ1n) is 4.12. The van der Waals surface area contributed by atoms with Gasteiger partial charge in [-0.25, -0.2) is 0 Å². The van der Waals surface area contributed by atoms with Crippen LogP contribution >= 0.6 is 79.6 Å². The van der Waals surface area contributed by atoms with E-state index in [-0.39, 0.29) is 5.97 Å². The lowest BCUT2D eigenvalue weighted by atomic mass is 10.3.